The Morgan fingerprint density at radius 1 is 1.26 bits per heavy atom. The average molecular weight is 278 g/mol. The number of carbonyl (C=O) groups excluding carboxylic acids is 1. The molecule has 2 rings (SSSR count). The standard InChI is InChI=1S/C15H13ClFNO/c1-9-3-5-12(10(2)18-9)15(19)8-11-4-6-14(17)13(16)7-11/h3-7H,8H2,1-2H3. The van der Waals surface area contributed by atoms with Crippen molar-refractivity contribution in [2.75, 3.05) is 0 Å². The van der Waals surface area contributed by atoms with Gasteiger partial charge < -0.3 is 0 Å². The summed E-state index contributed by atoms with van der Waals surface area (Å²) in [5, 5.41) is 0.0315. The maximum atomic E-state index is 13.0. The normalized spacial score (nSPS) is 10.5. The number of carbonyl (C=O) groups is 1. The maximum absolute atomic E-state index is 13.0. The second-order valence-electron chi connectivity index (χ2n) is 4.43. The summed E-state index contributed by atoms with van der Waals surface area (Å²) in [5.74, 6) is -0.529. The molecule has 0 fully saturated rings. The SMILES string of the molecule is Cc1ccc(C(=O)Cc2ccc(F)c(Cl)c2)c(C)n1. The van der Waals surface area contributed by atoms with E-state index in [-0.39, 0.29) is 17.2 Å². The van der Waals surface area contributed by atoms with Crippen LogP contribution in [-0.2, 0) is 6.42 Å². The molecule has 0 bridgehead atoms. The maximum Gasteiger partial charge on any atom is 0.169 e. The van der Waals surface area contributed by atoms with Gasteiger partial charge in [-0.1, -0.05) is 17.7 Å². The number of Topliss-reactive ketones (excluding diaryl/α,β-unsaturated/α-hetero) is 1. The number of benzene rings is 1. The van der Waals surface area contributed by atoms with Gasteiger partial charge in [0.1, 0.15) is 5.82 Å². The van der Waals surface area contributed by atoms with Crippen LogP contribution in [0.25, 0.3) is 0 Å². The van der Waals surface area contributed by atoms with Gasteiger partial charge in [0, 0.05) is 23.4 Å². The van der Waals surface area contributed by atoms with E-state index in [2.05, 4.69) is 4.98 Å². The molecule has 1 heterocycles. The Hall–Kier alpha value is -1.74. The van der Waals surface area contributed by atoms with E-state index in [4.69, 9.17) is 11.6 Å². The van der Waals surface area contributed by atoms with Gasteiger partial charge in [0.25, 0.3) is 0 Å². The molecule has 2 aromatic rings. The molecule has 0 aliphatic carbocycles. The number of pyridine rings is 1. The first-order valence-electron chi connectivity index (χ1n) is 5.89. The van der Waals surface area contributed by atoms with Crippen molar-refractivity contribution in [1.29, 1.82) is 0 Å². The van der Waals surface area contributed by atoms with Crippen LogP contribution < -0.4 is 0 Å². The summed E-state index contributed by atoms with van der Waals surface area (Å²) >= 11 is 5.70. The van der Waals surface area contributed by atoms with Crippen LogP contribution in [0.2, 0.25) is 5.02 Å². The predicted octanol–water partition coefficient (Wildman–Crippen LogP) is 3.92. The Labute approximate surface area is 116 Å². The molecule has 2 nitrogen and oxygen atoms in total. The van der Waals surface area contributed by atoms with Crippen LogP contribution in [0.15, 0.2) is 30.3 Å². The monoisotopic (exact) mass is 277 g/mol. The number of hydrogen-bond donors (Lipinski definition) is 0. The Morgan fingerprint density at radius 2 is 2.00 bits per heavy atom. The number of nitrogens with zero attached hydrogens (tertiary/aromatic N) is 1. The lowest BCUT2D eigenvalue weighted by molar-refractivity contribution is 0.0992. The summed E-state index contributed by atoms with van der Waals surface area (Å²) < 4.78 is 13.0. The molecule has 98 valence electrons. The first kappa shape index (κ1) is 13.7. The molecular formula is C15H13ClFNO. The molecule has 0 spiro atoms. The molecule has 0 radical (unpaired) electrons. The van der Waals surface area contributed by atoms with Gasteiger partial charge in [0.2, 0.25) is 0 Å². The number of rotatable bonds is 3. The minimum atomic E-state index is -0.481. The predicted molar refractivity (Wildman–Crippen MR) is 73.2 cm³/mol. The van der Waals surface area contributed by atoms with Gasteiger partial charge in [0.05, 0.1) is 5.02 Å². The van der Waals surface area contributed by atoms with Crippen molar-refractivity contribution in [3.8, 4) is 0 Å². The molecule has 0 aliphatic heterocycles. The summed E-state index contributed by atoms with van der Waals surface area (Å²) in [7, 11) is 0. The van der Waals surface area contributed by atoms with Crippen LogP contribution in [0.1, 0.15) is 27.3 Å². The van der Waals surface area contributed by atoms with Crippen molar-refractivity contribution in [2.24, 2.45) is 0 Å². The van der Waals surface area contributed by atoms with Crippen molar-refractivity contribution in [3.05, 3.63) is 63.7 Å². The summed E-state index contributed by atoms with van der Waals surface area (Å²) in [6, 6.07) is 7.88. The second kappa shape index (κ2) is 5.49. The van der Waals surface area contributed by atoms with Crippen molar-refractivity contribution >= 4 is 17.4 Å². The minimum Gasteiger partial charge on any atom is -0.294 e. The summed E-state index contributed by atoms with van der Waals surface area (Å²) in [4.78, 5) is 16.4. The summed E-state index contributed by atoms with van der Waals surface area (Å²) in [6.45, 7) is 3.68. The van der Waals surface area contributed by atoms with Crippen molar-refractivity contribution in [1.82, 2.24) is 4.98 Å². The van der Waals surface area contributed by atoms with Crippen LogP contribution in [0.4, 0.5) is 4.39 Å². The van der Waals surface area contributed by atoms with Gasteiger partial charge in [-0.3, -0.25) is 9.78 Å². The molecule has 0 atom stereocenters. The Balaban J connectivity index is 2.23. The fraction of sp³-hybridized carbons (Fsp3) is 0.200. The van der Waals surface area contributed by atoms with Crippen LogP contribution >= 0.6 is 11.6 Å². The number of ketones is 1. The van der Waals surface area contributed by atoms with Crippen LogP contribution in [0, 0.1) is 19.7 Å². The van der Waals surface area contributed by atoms with Crippen molar-refractivity contribution in [2.45, 2.75) is 20.3 Å². The summed E-state index contributed by atoms with van der Waals surface area (Å²) in [5.41, 5.74) is 2.86. The molecule has 0 aliphatic rings. The molecule has 1 aromatic heterocycles. The third-order valence-electron chi connectivity index (χ3n) is 2.87. The lowest BCUT2D eigenvalue weighted by atomic mass is 10.0. The third-order valence-corrected chi connectivity index (χ3v) is 3.16. The molecule has 0 saturated carbocycles. The molecular weight excluding hydrogens is 265 g/mol. The Morgan fingerprint density at radius 3 is 2.63 bits per heavy atom. The van der Waals surface area contributed by atoms with Crippen LogP contribution in [0.5, 0.6) is 0 Å². The van der Waals surface area contributed by atoms with Gasteiger partial charge in [-0.25, -0.2) is 4.39 Å². The van der Waals surface area contributed by atoms with Crippen molar-refractivity contribution < 1.29 is 9.18 Å². The molecule has 4 heteroatoms. The zero-order valence-corrected chi connectivity index (χ0v) is 11.5. The van der Waals surface area contributed by atoms with Crippen LogP contribution in [-0.4, -0.2) is 10.8 Å². The van der Waals surface area contributed by atoms with Gasteiger partial charge in [-0.05, 0) is 43.7 Å². The van der Waals surface area contributed by atoms with Gasteiger partial charge >= 0.3 is 0 Å². The van der Waals surface area contributed by atoms with Gasteiger partial charge in [-0.15, -0.1) is 0 Å². The zero-order chi connectivity index (χ0) is 14.0. The highest BCUT2D eigenvalue weighted by Gasteiger charge is 2.12. The number of halogens is 2. The molecule has 0 amide bonds. The highest BCUT2D eigenvalue weighted by atomic mass is 35.5. The second-order valence-corrected chi connectivity index (χ2v) is 4.84. The average Bonchev–Trinajstić information content (AvgIpc) is 2.33. The summed E-state index contributed by atoms with van der Waals surface area (Å²) in [6.07, 6.45) is 0.186. The molecule has 0 N–H and O–H groups in total. The molecule has 0 unspecified atom stereocenters. The topological polar surface area (TPSA) is 30.0 Å². The Kier molecular flexibility index (Phi) is 3.96. The highest BCUT2D eigenvalue weighted by Crippen LogP contribution is 2.18. The zero-order valence-electron chi connectivity index (χ0n) is 10.7. The van der Waals surface area contributed by atoms with E-state index in [1.54, 1.807) is 25.1 Å². The first-order valence-corrected chi connectivity index (χ1v) is 6.26. The number of aromatic nitrogens is 1. The van der Waals surface area contributed by atoms with Crippen LogP contribution in [0.3, 0.4) is 0 Å². The van der Waals surface area contributed by atoms with E-state index in [1.807, 2.05) is 6.92 Å². The van der Waals surface area contributed by atoms with Crippen molar-refractivity contribution in [3.63, 3.8) is 0 Å². The molecule has 19 heavy (non-hydrogen) atoms. The fourth-order valence-electron chi connectivity index (χ4n) is 1.91. The fourth-order valence-corrected chi connectivity index (χ4v) is 2.11. The lowest BCUT2D eigenvalue weighted by Gasteiger charge is -2.06. The van der Waals surface area contributed by atoms with E-state index < -0.39 is 5.82 Å². The smallest absolute Gasteiger partial charge is 0.169 e. The number of aryl methyl sites for hydroxylation is 2. The first-order chi connectivity index (χ1) is 8.97. The molecule has 1 aromatic carbocycles. The lowest BCUT2D eigenvalue weighted by Crippen LogP contribution is -2.07. The van der Waals surface area contributed by atoms with E-state index in [1.165, 1.54) is 12.1 Å². The van der Waals surface area contributed by atoms with E-state index in [0.717, 1.165) is 5.69 Å². The molecule has 0 saturated heterocycles. The largest absolute Gasteiger partial charge is 0.294 e. The highest BCUT2D eigenvalue weighted by molar-refractivity contribution is 6.30. The Bertz CT molecular complexity index is 640. The van der Waals surface area contributed by atoms with Gasteiger partial charge in [-0.2, -0.15) is 0 Å². The quantitative estimate of drug-likeness (QED) is 0.796. The van der Waals surface area contributed by atoms with E-state index in [9.17, 15) is 9.18 Å². The number of hydrogen-bond acceptors (Lipinski definition) is 2. The van der Waals surface area contributed by atoms with E-state index >= 15 is 0 Å². The minimum absolute atomic E-state index is 0.0315. The third kappa shape index (κ3) is 3.18. The van der Waals surface area contributed by atoms with Gasteiger partial charge in [0.15, 0.2) is 5.78 Å². The van der Waals surface area contributed by atoms with E-state index in [0.29, 0.717) is 16.8 Å².